The zero-order chi connectivity index (χ0) is 16.5. The minimum atomic E-state index is -0.963. The smallest absolute Gasteiger partial charge is 0.440 e. The van der Waals surface area contributed by atoms with Crippen LogP contribution in [0.25, 0.3) is 0 Å². The summed E-state index contributed by atoms with van der Waals surface area (Å²) in [6.45, 7) is 7.21. The molecule has 0 spiro atoms. The third-order valence-corrected chi connectivity index (χ3v) is 4.87. The summed E-state index contributed by atoms with van der Waals surface area (Å²) in [5.41, 5.74) is -0.572. The average Bonchev–Trinajstić information content (AvgIpc) is 3.04. The Kier molecular flexibility index (Phi) is 4.39. The summed E-state index contributed by atoms with van der Waals surface area (Å²) < 4.78 is 5.28. The zero-order valence-corrected chi connectivity index (χ0v) is 13.5. The maximum Gasteiger partial charge on any atom is 0.515 e. The maximum absolute atomic E-state index is 12.1. The van der Waals surface area contributed by atoms with E-state index in [1.165, 1.54) is 0 Å². The average molecular weight is 309 g/mol. The second-order valence-corrected chi connectivity index (χ2v) is 7.12. The number of quaternary nitrogens is 1. The Morgan fingerprint density at radius 3 is 2.32 bits per heavy atom. The van der Waals surface area contributed by atoms with Gasteiger partial charge in [0, 0.05) is 13.1 Å². The molecule has 0 bridgehead atoms. The van der Waals surface area contributed by atoms with Crippen molar-refractivity contribution in [2.75, 3.05) is 19.6 Å². The van der Waals surface area contributed by atoms with Gasteiger partial charge in [-0.2, -0.15) is 4.79 Å². The Morgan fingerprint density at radius 1 is 1.32 bits per heavy atom. The zero-order valence-electron chi connectivity index (χ0n) is 13.5. The van der Waals surface area contributed by atoms with E-state index in [9.17, 15) is 14.7 Å². The number of nitrogens with zero attached hydrogens (tertiary/aromatic N) is 2. The van der Waals surface area contributed by atoms with Gasteiger partial charge in [-0.05, 0) is 39.5 Å². The van der Waals surface area contributed by atoms with E-state index in [0.717, 1.165) is 12.8 Å². The van der Waals surface area contributed by atoms with Crippen molar-refractivity contribution in [3.05, 3.63) is 0 Å². The van der Waals surface area contributed by atoms with Crippen molar-refractivity contribution in [1.29, 1.82) is 0 Å². The summed E-state index contributed by atoms with van der Waals surface area (Å²) in [6, 6.07) is -0.492. The van der Waals surface area contributed by atoms with Crippen LogP contribution in [0.2, 0.25) is 0 Å². The molecule has 0 aromatic heterocycles. The van der Waals surface area contributed by atoms with E-state index in [1.807, 2.05) is 20.8 Å². The Hall–Kier alpha value is -1.74. The highest BCUT2D eigenvalue weighted by Gasteiger charge is 2.60. The first-order valence-corrected chi connectivity index (χ1v) is 7.75. The minimum Gasteiger partial charge on any atom is -0.440 e. The molecule has 3 atom stereocenters. The van der Waals surface area contributed by atoms with E-state index in [2.05, 4.69) is 5.92 Å². The topological polar surface area (TPSA) is 66.8 Å². The molecule has 0 radical (unpaired) electrons. The monoisotopic (exact) mass is 309 g/mol. The normalized spacial score (nSPS) is 31.8. The first-order chi connectivity index (χ1) is 10.2. The lowest BCUT2D eigenvalue weighted by atomic mass is 10.00. The summed E-state index contributed by atoms with van der Waals surface area (Å²) in [5, 5.41) is 9.79. The van der Waals surface area contributed by atoms with E-state index < -0.39 is 23.8 Å². The van der Waals surface area contributed by atoms with Crippen LogP contribution in [0.15, 0.2) is 0 Å². The quantitative estimate of drug-likeness (QED) is 0.596. The molecule has 1 unspecified atom stereocenters. The molecule has 2 amide bonds. The number of carboxylic acid groups (broad SMARTS) is 1. The van der Waals surface area contributed by atoms with Crippen molar-refractivity contribution < 1.29 is 23.9 Å². The highest BCUT2D eigenvalue weighted by molar-refractivity contribution is 5.68. The molecular formula is C16H25N2O4+. The second kappa shape index (κ2) is 5.81. The van der Waals surface area contributed by atoms with Crippen molar-refractivity contribution in [1.82, 2.24) is 4.90 Å². The fourth-order valence-corrected chi connectivity index (χ4v) is 3.59. The van der Waals surface area contributed by atoms with Gasteiger partial charge in [0.1, 0.15) is 12.1 Å². The summed E-state index contributed by atoms with van der Waals surface area (Å²) in [6.07, 6.45) is 6.18. The molecule has 0 aromatic rings. The van der Waals surface area contributed by atoms with Gasteiger partial charge in [-0.3, -0.25) is 0 Å². The van der Waals surface area contributed by atoms with Crippen molar-refractivity contribution in [3.63, 3.8) is 0 Å². The third-order valence-electron chi connectivity index (χ3n) is 4.87. The predicted octanol–water partition coefficient (Wildman–Crippen LogP) is 2.29. The van der Waals surface area contributed by atoms with Crippen LogP contribution < -0.4 is 0 Å². The van der Waals surface area contributed by atoms with E-state index in [4.69, 9.17) is 11.2 Å². The van der Waals surface area contributed by atoms with Crippen LogP contribution in [0.5, 0.6) is 0 Å². The lowest BCUT2D eigenvalue weighted by Gasteiger charge is -2.42. The first-order valence-electron chi connectivity index (χ1n) is 7.75. The fourth-order valence-electron chi connectivity index (χ4n) is 3.59. The second-order valence-electron chi connectivity index (χ2n) is 7.12. The number of ether oxygens (including phenoxy) is 1. The molecule has 0 aliphatic carbocycles. The van der Waals surface area contributed by atoms with E-state index in [0.29, 0.717) is 19.5 Å². The number of amides is 2. The molecule has 22 heavy (non-hydrogen) atoms. The Balaban J connectivity index is 2.16. The van der Waals surface area contributed by atoms with Gasteiger partial charge in [0.2, 0.25) is 0 Å². The highest BCUT2D eigenvalue weighted by Crippen LogP contribution is 2.38. The molecule has 2 aliphatic heterocycles. The van der Waals surface area contributed by atoms with Gasteiger partial charge in [-0.25, -0.2) is 9.28 Å². The van der Waals surface area contributed by atoms with Gasteiger partial charge in [0.05, 0.1) is 6.42 Å². The van der Waals surface area contributed by atoms with E-state index >= 15 is 0 Å². The van der Waals surface area contributed by atoms with Crippen LogP contribution in [-0.4, -0.2) is 64.0 Å². The summed E-state index contributed by atoms with van der Waals surface area (Å²) >= 11 is 0. The summed E-state index contributed by atoms with van der Waals surface area (Å²) in [4.78, 5) is 25.8. The molecule has 1 N–H and O–H groups in total. The number of carbonyl (C=O) groups is 2. The van der Waals surface area contributed by atoms with Gasteiger partial charge >= 0.3 is 12.2 Å². The van der Waals surface area contributed by atoms with Gasteiger partial charge in [-0.1, -0.05) is 0 Å². The fraction of sp³-hybridized carbons (Fsp3) is 0.750. The van der Waals surface area contributed by atoms with Crippen molar-refractivity contribution in [2.24, 2.45) is 0 Å². The van der Waals surface area contributed by atoms with E-state index in [-0.39, 0.29) is 17.1 Å². The lowest BCUT2D eigenvalue weighted by molar-refractivity contribution is -0.908. The van der Waals surface area contributed by atoms with Gasteiger partial charge in [-0.15, -0.1) is 6.42 Å². The third kappa shape index (κ3) is 2.66. The van der Waals surface area contributed by atoms with Crippen molar-refractivity contribution in [2.45, 2.75) is 57.7 Å². The lowest BCUT2D eigenvalue weighted by Crippen LogP contribution is -2.65. The van der Waals surface area contributed by atoms with Crippen LogP contribution in [0.1, 0.15) is 40.0 Å². The molecule has 6 heteroatoms. The van der Waals surface area contributed by atoms with Crippen LogP contribution in [0.4, 0.5) is 9.59 Å². The molecule has 2 aliphatic rings. The number of carbonyl (C=O) groups excluding carboxylic acids is 1. The molecule has 2 rings (SSSR count). The molecule has 0 saturated carbocycles. The van der Waals surface area contributed by atoms with Crippen LogP contribution in [0.3, 0.4) is 0 Å². The van der Waals surface area contributed by atoms with Crippen LogP contribution >= 0.6 is 0 Å². The van der Waals surface area contributed by atoms with Gasteiger partial charge in [0.15, 0.2) is 12.1 Å². The van der Waals surface area contributed by atoms with Crippen LogP contribution in [0, 0.1) is 12.3 Å². The highest BCUT2D eigenvalue weighted by atomic mass is 16.6. The first kappa shape index (κ1) is 16.6. The maximum atomic E-state index is 12.1. The van der Waals surface area contributed by atoms with Crippen molar-refractivity contribution in [3.8, 4) is 12.3 Å². The van der Waals surface area contributed by atoms with Gasteiger partial charge in [0.25, 0.3) is 0 Å². The van der Waals surface area contributed by atoms with Crippen LogP contribution in [-0.2, 0) is 4.74 Å². The summed E-state index contributed by atoms with van der Waals surface area (Å²) in [5.74, 6) is 2.60. The number of hydrogen-bond donors (Lipinski definition) is 1. The standard InChI is InChI=1S/C16H24N2O4/c1-5-12-10-13(22-14(19)17-8-6-7-9-17)11-18(12,15(20)21)16(2,3)4/h1,12-13H,6-11H2,2-4H3/p+1/t12-,13+,18?/m0/s1. The Morgan fingerprint density at radius 2 is 1.91 bits per heavy atom. The Bertz CT molecular complexity index is 499. The number of hydrogen-bond acceptors (Lipinski definition) is 3. The molecule has 2 heterocycles. The number of terminal acetylenes is 1. The number of rotatable bonds is 1. The van der Waals surface area contributed by atoms with Gasteiger partial charge < -0.3 is 14.7 Å². The predicted molar refractivity (Wildman–Crippen MR) is 81.2 cm³/mol. The molecule has 6 nitrogen and oxygen atoms in total. The molecule has 2 saturated heterocycles. The molecule has 2 fully saturated rings. The largest absolute Gasteiger partial charge is 0.515 e. The Labute approximate surface area is 131 Å². The molecule has 122 valence electrons. The molecule has 0 aromatic carbocycles. The minimum absolute atomic E-state index is 0.216. The summed E-state index contributed by atoms with van der Waals surface area (Å²) in [7, 11) is 0. The van der Waals surface area contributed by atoms with Crippen molar-refractivity contribution >= 4 is 12.2 Å². The SMILES string of the molecule is C#C[C@H]1C[C@@H](OC(=O)N2CCCC2)C[N+]1(C(=O)O)C(C)(C)C. The van der Waals surface area contributed by atoms with E-state index in [1.54, 1.807) is 4.90 Å². The number of likely N-dealkylation sites (tertiary alicyclic amines) is 2. The molecular weight excluding hydrogens is 284 g/mol.